The van der Waals surface area contributed by atoms with Crippen LogP contribution in [0.25, 0.3) is 0 Å². The predicted molar refractivity (Wildman–Crippen MR) is 94.0 cm³/mol. The number of hydrogen-bond acceptors (Lipinski definition) is 4. The van der Waals surface area contributed by atoms with Crippen molar-refractivity contribution in [2.75, 3.05) is 18.9 Å². The van der Waals surface area contributed by atoms with Crippen molar-refractivity contribution in [2.45, 2.75) is 18.7 Å². The molecule has 0 radical (unpaired) electrons. The molecule has 23 heavy (non-hydrogen) atoms. The van der Waals surface area contributed by atoms with Crippen LogP contribution in [0.15, 0.2) is 39.7 Å². The molecule has 0 saturated heterocycles. The molecule has 0 aliphatic carbocycles. The lowest BCUT2D eigenvalue weighted by atomic mass is 10.1. The van der Waals surface area contributed by atoms with E-state index >= 15 is 0 Å². The Balaban J connectivity index is 2.52. The molecular formula is C16H18BrNO4S. The summed E-state index contributed by atoms with van der Waals surface area (Å²) in [6.45, 7) is 3.71. The van der Waals surface area contributed by atoms with E-state index in [9.17, 15) is 8.42 Å². The van der Waals surface area contributed by atoms with Gasteiger partial charge in [-0.25, -0.2) is 8.42 Å². The van der Waals surface area contributed by atoms with Crippen LogP contribution in [0.5, 0.6) is 11.5 Å². The average Bonchev–Trinajstić information content (AvgIpc) is 2.50. The largest absolute Gasteiger partial charge is 0.493 e. The predicted octanol–water partition coefficient (Wildman–Crippen LogP) is 3.88. The zero-order valence-corrected chi connectivity index (χ0v) is 15.7. The van der Waals surface area contributed by atoms with Crippen molar-refractivity contribution >= 4 is 31.6 Å². The number of benzene rings is 2. The summed E-state index contributed by atoms with van der Waals surface area (Å²) in [5, 5.41) is 0. The van der Waals surface area contributed by atoms with Crippen LogP contribution in [-0.2, 0) is 10.0 Å². The van der Waals surface area contributed by atoms with Gasteiger partial charge in [0.2, 0.25) is 0 Å². The van der Waals surface area contributed by atoms with Gasteiger partial charge in [-0.05, 0) is 47.0 Å². The van der Waals surface area contributed by atoms with Crippen LogP contribution in [0.2, 0.25) is 0 Å². The van der Waals surface area contributed by atoms with Crippen LogP contribution in [-0.4, -0.2) is 22.6 Å². The fourth-order valence-corrected chi connectivity index (χ4v) is 4.45. The molecule has 2 aromatic rings. The zero-order chi connectivity index (χ0) is 17.2. The number of anilines is 1. The Kier molecular flexibility index (Phi) is 5.21. The van der Waals surface area contributed by atoms with Gasteiger partial charge in [-0.3, -0.25) is 4.72 Å². The number of ether oxygens (including phenoxy) is 2. The summed E-state index contributed by atoms with van der Waals surface area (Å²) in [5.74, 6) is 0.794. The first-order valence-electron chi connectivity index (χ1n) is 6.80. The van der Waals surface area contributed by atoms with E-state index in [1.807, 2.05) is 32.0 Å². The maximum absolute atomic E-state index is 12.8. The second-order valence-electron chi connectivity index (χ2n) is 5.01. The number of rotatable bonds is 5. The molecule has 2 aromatic carbocycles. The standard InChI is InChI=1S/C16H18BrNO4S/c1-10-6-5-7-11(2)16(10)18-23(19,20)15-9-14(22-4)13(21-3)8-12(15)17/h5-9,18H,1-4H3. The van der Waals surface area contributed by atoms with E-state index in [0.717, 1.165) is 11.1 Å². The van der Waals surface area contributed by atoms with Gasteiger partial charge in [0.1, 0.15) is 4.90 Å². The van der Waals surface area contributed by atoms with Crippen molar-refractivity contribution < 1.29 is 17.9 Å². The summed E-state index contributed by atoms with van der Waals surface area (Å²) in [5.41, 5.74) is 2.28. The van der Waals surface area contributed by atoms with Crippen LogP contribution < -0.4 is 14.2 Å². The Bertz CT molecular complexity index is 814. The van der Waals surface area contributed by atoms with E-state index in [1.165, 1.54) is 20.3 Å². The summed E-state index contributed by atoms with van der Waals surface area (Å²) in [6, 6.07) is 8.59. The lowest BCUT2D eigenvalue weighted by Gasteiger charge is -2.16. The van der Waals surface area contributed by atoms with Crippen molar-refractivity contribution in [2.24, 2.45) is 0 Å². The van der Waals surface area contributed by atoms with E-state index in [-0.39, 0.29) is 4.90 Å². The summed E-state index contributed by atoms with van der Waals surface area (Å²) in [6.07, 6.45) is 0. The van der Waals surface area contributed by atoms with Crippen LogP contribution in [0.3, 0.4) is 0 Å². The van der Waals surface area contributed by atoms with Crippen LogP contribution >= 0.6 is 15.9 Å². The highest BCUT2D eigenvalue weighted by atomic mass is 79.9. The molecule has 0 fully saturated rings. The second kappa shape index (κ2) is 6.80. The van der Waals surface area contributed by atoms with Gasteiger partial charge in [0.25, 0.3) is 10.0 Å². The number of hydrogen-bond donors (Lipinski definition) is 1. The number of nitrogens with one attached hydrogen (secondary N) is 1. The first-order chi connectivity index (χ1) is 10.8. The second-order valence-corrected chi connectivity index (χ2v) is 7.52. The molecule has 1 N–H and O–H groups in total. The van der Waals surface area contributed by atoms with Crippen molar-refractivity contribution in [3.8, 4) is 11.5 Å². The normalized spacial score (nSPS) is 11.2. The smallest absolute Gasteiger partial charge is 0.263 e. The van der Waals surface area contributed by atoms with Gasteiger partial charge >= 0.3 is 0 Å². The highest BCUT2D eigenvalue weighted by Gasteiger charge is 2.22. The Morgan fingerprint density at radius 1 is 1.00 bits per heavy atom. The van der Waals surface area contributed by atoms with Crippen LogP contribution in [0.4, 0.5) is 5.69 Å². The van der Waals surface area contributed by atoms with E-state index in [2.05, 4.69) is 20.7 Å². The van der Waals surface area contributed by atoms with E-state index in [0.29, 0.717) is 21.7 Å². The van der Waals surface area contributed by atoms with Gasteiger partial charge in [0.15, 0.2) is 11.5 Å². The van der Waals surface area contributed by atoms with Crippen molar-refractivity contribution in [3.05, 3.63) is 45.9 Å². The molecule has 2 rings (SSSR count). The summed E-state index contributed by atoms with van der Waals surface area (Å²) < 4.78 is 38.9. The highest BCUT2D eigenvalue weighted by molar-refractivity contribution is 9.10. The Morgan fingerprint density at radius 2 is 1.52 bits per heavy atom. The first-order valence-corrected chi connectivity index (χ1v) is 9.08. The molecule has 124 valence electrons. The molecule has 5 nitrogen and oxygen atoms in total. The molecule has 7 heteroatoms. The first kappa shape index (κ1) is 17.6. The maximum Gasteiger partial charge on any atom is 0.263 e. The summed E-state index contributed by atoms with van der Waals surface area (Å²) in [7, 11) is -0.826. The van der Waals surface area contributed by atoms with Gasteiger partial charge in [-0.1, -0.05) is 18.2 Å². The van der Waals surface area contributed by atoms with Crippen LogP contribution in [0, 0.1) is 13.8 Å². The minimum atomic E-state index is -3.78. The minimum Gasteiger partial charge on any atom is -0.493 e. The topological polar surface area (TPSA) is 64.6 Å². The third-order valence-corrected chi connectivity index (χ3v) is 5.75. The van der Waals surface area contributed by atoms with Crippen molar-refractivity contribution in [3.63, 3.8) is 0 Å². The lowest BCUT2D eigenvalue weighted by Crippen LogP contribution is -2.15. The quantitative estimate of drug-likeness (QED) is 0.827. The number of para-hydroxylation sites is 1. The molecule has 0 heterocycles. The number of sulfonamides is 1. The lowest BCUT2D eigenvalue weighted by molar-refractivity contribution is 0.353. The molecule has 0 aliphatic heterocycles. The highest BCUT2D eigenvalue weighted by Crippen LogP contribution is 2.36. The minimum absolute atomic E-state index is 0.0813. The van der Waals surface area contributed by atoms with E-state index < -0.39 is 10.0 Å². The van der Waals surface area contributed by atoms with E-state index in [4.69, 9.17) is 9.47 Å². The van der Waals surface area contributed by atoms with Crippen molar-refractivity contribution in [1.29, 1.82) is 0 Å². The maximum atomic E-state index is 12.8. The molecule has 0 aromatic heterocycles. The van der Waals surface area contributed by atoms with Gasteiger partial charge < -0.3 is 9.47 Å². The van der Waals surface area contributed by atoms with Gasteiger partial charge in [0.05, 0.1) is 19.9 Å². The molecular weight excluding hydrogens is 382 g/mol. The fourth-order valence-electron chi connectivity index (χ4n) is 2.21. The van der Waals surface area contributed by atoms with Gasteiger partial charge in [0, 0.05) is 10.5 Å². The third kappa shape index (κ3) is 3.61. The van der Waals surface area contributed by atoms with E-state index in [1.54, 1.807) is 6.07 Å². The number of aryl methyl sites for hydroxylation is 2. The summed E-state index contributed by atoms with van der Waals surface area (Å²) in [4.78, 5) is 0.0813. The molecule has 0 aliphatic rings. The molecule has 0 bridgehead atoms. The molecule has 0 atom stereocenters. The Labute approximate surface area is 144 Å². The molecule has 0 spiro atoms. The molecule has 0 unspecified atom stereocenters. The Hall–Kier alpha value is -1.73. The van der Waals surface area contributed by atoms with Gasteiger partial charge in [-0.15, -0.1) is 0 Å². The van der Waals surface area contributed by atoms with Gasteiger partial charge in [-0.2, -0.15) is 0 Å². The zero-order valence-electron chi connectivity index (χ0n) is 13.3. The van der Waals surface area contributed by atoms with Crippen molar-refractivity contribution in [1.82, 2.24) is 0 Å². The fraction of sp³-hybridized carbons (Fsp3) is 0.250. The molecule has 0 saturated carbocycles. The third-order valence-electron chi connectivity index (χ3n) is 3.45. The average molecular weight is 400 g/mol. The SMILES string of the molecule is COc1cc(Br)c(S(=O)(=O)Nc2c(C)cccc2C)cc1OC. The monoisotopic (exact) mass is 399 g/mol. The molecule has 0 amide bonds. The Morgan fingerprint density at radius 3 is 2.04 bits per heavy atom. The van der Waals surface area contributed by atoms with Crippen LogP contribution in [0.1, 0.15) is 11.1 Å². The summed E-state index contributed by atoms with van der Waals surface area (Å²) >= 11 is 3.28. The number of halogens is 1. The number of methoxy groups -OCH3 is 2.